The van der Waals surface area contributed by atoms with Gasteiger partial charge in [0.1, 0.15) is 19.8 Å². The van der Waals surface area contributed by atoms with Crippen molar-refractivity contribution >= 4 is 19.8 Å². The molecule has 0 N–H and O–H groups in total. The second-order valence-corrected chi connectivity index (χ2v) is 27.7. The molecule has 0 heterocycles. The van der Waals surface area contributed by atoms with Crippen molar-refractivity contribution < 1.29 is 42.1 Å². The van der Waals surface area contributed by atoms with E-state index in [1.807, 2.05) is 21.1 Å². The molecular weight excluding hydrogens is 1160 g/mol. The van der Waals surface area contributed by atoms with Gasteiger partial charge in [-0.3, -0.25) is 14.2 Å². The molecule has 10 heteroatoms. The Morgan fingerprint density at radius 1 is 0.337 bits per heavy atom. The second-order valence-electron chi connectivity index (χ2n) is 26.3. The normalized spacial score (nSPS) is 13.8. The van der Waals surface area contributed by atoms with Crippen molar-refractivity contribution in [2.45, 2.75) is 328 Å². The van der Waals surface area contributed by atoms with Crippen LogP contribution < -0.4 is 4.89 Å². The third kappa shape index (κ3) is 75.2. The fourth-order valence-corrected chi connectivity index (χ4v) is 11.2. The van der Waals surface area contributed by atoms with Gasteiger partial charge in [0, 0.05) is 12.8 Å². The summed E-state index contributed by atoms with van der Waals surface area (Å²) in [6.45, 7) is 4.03. The lowest BCUT2D eigenvalue weighted by molar-refractivity contribution is -0.870. The molecule has 2 unspecified atom stereocenters. The molecule has 0 aromatic rings. The lowest BCUT2D eigenvalue weighted by Crippen LogP contribution is -2.37. The van der Waals surface area contributed by atoms with Crippen molar-refractivity contribution in [1.29, 1.82) is 0 Å². The number of ether oxygens (including phenoxy) is 2. The van der Waals surface area contributed by atoms with Gasteiger partial charge in [-0.25, -0.2) is 0 Å². The van der Waals surface area contributed by atoms with E-state index in [0.29, 0.717) is 17.4 Å². The van der Waals surface area contributed by atoms with Gasteiger partial charge in [0.2, 0.25) is 0 Å². The number of allylic oxidation sites excluding steroid dienone is 22. The average molecular weight is 1300 g/mol. The second kappa shape index (κ2) is 71.4. The zero-order chi connectivity index (χ0) is 66.9. The summed E-state index contributed by atoms with van der Waals surface area (Å²) >= 11 is 0. The van der Waals surface area contributed by atoms with Crippen LogP contribution in [0.3, 0.4) is 0 Å². The maximum absolute atomic E-state index is 12.9. The molecule has 0 saturated heterocycles. The lowest BCUT2D eigenvalue weighted by atomic mass is 10.0. The number of phosphoric ester groups is 1. The molecule has 0 aromatic carbocycles. The summed E-state index contributed by atoms with van der Waals surface area (Å²) < 4.78 is 34.4. The van der Waals surface area contributed by atoms with Gasteiger partial charge in [-0.2, -0.15) is 0 Å². The number of likely N-dealkylation sites (N-methyl/N-ethyl adjacent to an activating group) is 1. The van der Waals surface area contributed by atoms with E-state index >= 15 is 0 Å². The molecule has 92 heavy (non-hydrogen) atoms. The van der Waals surface area contributed by atoms with Crippen LogP contribution in [0.4, 0.5) is 0 Å². The van der Waals surface area contributed by atoms with E-state index < -0.39 is 26.5 Å². The monoisotopic (exact) mass is 1300 g/mol. The molecule has 2 atom stereocenters. The van der Waals surface area contributed by atoms with Gasteiger partial charge >= 0.3 is 11.9 Å². The van der Waals surface area contributed by atoms with Crippen molar-refractivity contribution in [2.24, 2.45) is 0 Å². The molecule has 0 aliphatic rings. The Labute approximate surface area is 568 Å². The van der Waals surface area contributed by atoms with Crippen LogP contribution in [0.1, 0.15) is 322 Å². The van der Waals surface area contributed by atoms with Crippen molar-refractivity contribution in [3.8, 4) is 0 Å². The van der Waals surface area contributed by atoms with Gasteiger partial charge in [0.25, 0.3) is 7.82 Å². The zero-order valence-corrected chi connectivity index (χ0v) is 61.1. The van der Waals surface area contributed by atoms with Gasteiger partial charge in [0.05, 0.1) is 27.7 Å². The smallest absolute Gasteiger partial charge is 0.306 e. The minimum absolute atomic E-state index is 0.0362. The molecule has 0 radical (unpaired) electrons. The van der Waals surface area contributed by atoms with Crippen LogP contribution in [0.15, 0.2) is 134 Å². The Balaban J connectivity index is 4.00. The van der Waals surface area contributed by atoms with Crippen LogP contribution in [-0.4, -0.2) is 70.0 Å². The van der Waals surface area contributed by atoms with Crippen LogP contribution in [0, 0.1) is 0 Å². The average Bonchev–Trinajstić information content (AvgIpc) is 2.14. The first-order valence-corrected chi connectivity index (χ1v) is 39.4. The maximum Gasteiger partial charge on any atom is 0.306 e. The van der Waals surface area contributed by atoms with Crippen molar-refractivity contribution in [3.63, 3.8) is 0 Å². The fraction of sp³-hybridized carbons (Fsp3) is 0.707. The van der Waals surface area contributed by atoms with Gasteiger partial charge in [-0.15, -0.1) is 0 Å². The summed E-state index contributed by atoms with van der Waals surface area (Å²) in [6.07, 6.45) is 104. The Hall–Kier alpha value is -3.85. The molecule has 0 amide bonds. The Kier molecular flexibility index (Phi) is 68.5. The summed E-state index contributed by atoms with van der Waals surface area (Å²) in [5.41, 5.74) is 0. The number of hydrogen-bond acceptors (Lipinski definition) is 8. The van der Waals surface area contributed by atoms with Crippen molar-refractivity contribution in [3.05, 3.63) is 134 Å². The molecule has 0 rings (SSSR count). The first-order valence-electron chi connectivity index (χ1n) is 37.9. The number of carbonyl (C=O) groups is 2. The highest BCUT2D eigenvalue weighted by molar-refractivity contribution is 7.45. The zero-order valence-electron chi connectivity index (χ0n) is 60.2. The molecule has 9 nitrogen and oxygen atoms in total. The summed E-state index contributed by atoms with van der Waals surface area (Å²) in [4.78, 5) is 38.1. The van der Waals surface area contributed by atoms with E-state index in [1.165, 1.54) is 173 Å². The maximum atomic E-state index is 12.9. The minimum atomic E-state index is -4.65. The van der Waals surface area contributed by atoms with Crippen LogP contribution >= 0.6 is 7.82 Å². The van der Waals surface area contributed by atoms with Gasteiger partial charge in [-0.1, -0.05) is 334 Å². The highest BCUT2D eigenvalue weighted by Crippen LogP contribution is 2.38. The van der Waals surface area contributed by atoms with Crippen LogP contribution in [0.25, 0.3) is 0 Å². The SMILES string of the molecule is CC/C=C\C/C=C\C/C=C\C/C=C\C/C=C\C/C=C\C/C=C\CCCCCCCCCCCC(=O)OC(COC(=O)CCCCCCCCCCCCCCCCCCCCCCCCCC/C=C\C/C=C\C/C=C\C/C=C\CC)COP(=O)([O-])OCC[N+](C)(C)C. The molecule has 0 bridgehead atoms. The molecule has 0 aliphatic heterocycles. The van der Waals surface area contributed by atoms with E-state index in [-0.39, 0.29) is 32.0 Å². The highest BCUT2D eigenvalue weighted by Gasteiger charge is 2.22. The number of phosphoric acid groups is 1. The third-order valence-corrected chi connectivity index (χ3v) is 17.1. The molecular formula is C82H142NO8P. The highest BCUT2D eigenvalue weighted by atomic mass is 31.2. The number of carbonyl (C=O) groups excluding carboxylic acids is 2. The first-order chi connectivity index (χ1) is 45.0. The van der Waals surface area contributed by atoms with E-state index in [1.54, 1.807) is 0 Å². The summed E-state index contributed by atoms with van der Waals surface area (Å²) in [6, 6.07) is 0. The van der Waals surface area contributed by atoms with E-state index in [4.69, 9.17) is 18.5 Å². The summed E-state index contributed by atoms with van der Waals surface area (Å²) in [7, 11) is 1.16. The van der Waals surface area contributed by atoms with Crippen LogP contribution in [0.5, 0.6) is 0 Å². The number of esters is 2. The molecule has 528 valence electrons. The van der Waals surface area contributed by atoms with E-state index in [9.17, 15) is 19.0 Å². The Morgan fingerprint density at radius 3 is 0.870 bits per heavy atom. The molecule has 0 fully saturated rings. The van der Waals surface area contributed by atoms with Crippen LogP contribution in [-0.2, 0) is 32.7 Å². The number of rotatable bonds is 69. The molecule has 0 spiro atoms. The predicted molar refractivity (Wildman–Crippen MR) is 397 cm³/mol. The summed E-state index contributed by atoms with van der Waals surface area (Å²) in [5, 5.41) is 0. The molecule has 0 saturated carbocycles. The first kappa shape index (κ1) is 88.2. The summed E-state index contributed by atoms with van der Waals surface area (Å²) in [5.74, 6) is -0.834. The van der Waals surface area contributed by atoms with Crippen molar-refractivity contribution in [2.75, 3.05) is 47.5 Å². The number of unbranched alkanes of at least 4 members (excludes halogenated alkanes) is 33. The fourth-order valence-electron chi connectivity index (χ4n) is 10.5. The largest absolute Gasteiger partial charge is 0.756 e. The van der Waals surface area contributed by atoms with Crippen LogP contribution in [0.2, 0.25) is 0 Å². The standard InChI is InChI=1S/C82H142NO8P/c1-6-8-10-12-14-16-18-20-22-24-26-28-30-32-34-36-38-39-40-41-42-43-45-46-48-50-52-54-56-58-60-62-64-66-68-70-72-74-81(84)88-78-80(79-90-92(86,87)89-77-76-83(3,4)5)91-82(85)75-73-71-69-67-65-63-61-59-57-55-53-51-49-47-44-37-35-33-31-29-27-25-23-21-19-17-15-13-11-9-7-2/h8-11,14-17,20-23,26-29,33,35,44,47,51,53,80H,6-7,12-13,18-19,24-25,30-32,34,36-43,45-46,48-50,52,54-79H2,1-5H3/b10-8-,11-9-,16-14-,17-15-,22-20-,23-21-,28-26-,29-27-,35-33-,47-44-,53-51-. The molecule has 0 aromatic heterocycles. The van der Waals surface area contributed by atoms with E-state index in [2.05, 4.69) is 148 Å². The van der Waals surface area contributed by atoms with Crippen molar-refractivity contribution in [1.82, 2.24) is 0 Å². The molecule has 0 aliphatic carbocycles. The van der Waals surface area contributed by atoms with Gasteiger partial charge < -0.3 is 27.9 Å². The third-order valence-electron chi connectivity index (χ3n) is 16.2. The Bertz CT molecular complexity index is 2020. The minimum Gasteiger partial charge on any atom is -0.756 e. The van der Waals surface area contributed by atoms with Gasteiger partial charge in [0.15, 0.2) is 6.10 Å². The predicted octanol–water partition coefficient (Wildman–Crippen LogP) is 24.5. The number of nitrogens with zero attached hydrogens (tertiary/aromatic N) is 1. The number of quaternary nitrogens is 1. The number of hydrogen-bond donors (Lipinski definition) is 0. The lowest BCUT2D eigenvalue weighted by Gasteiger charge is -2.28. The van der Waals surface area contributed by atoms with Gasteiger partial charge in [-0.05, 0) is 109 Å². The van der Waals surface area contributed by atoms with E-state index in [0.717, 1.165) is 116 Å². The topological polar surface area (TPSA) is 111 Å². The Morgan fingerprint density at radius 2 is 0.587 bits per heavy atom. The quantitative estimate of drug-likeness (QED) is 0.0195.